The Morgan fingerprint density at radius 3 is 2.46 bits per heavy atom. The number of aryl methyl sites for hydroxylation is 3. The summed E-state index contributed by atoms with van der Waals surface area (Å²) in [6.45, 7) is 6.82. The second kappa shape index (κ2) is 7.81. The number of carbonyl (C=O) groups is 1. The molecule has 1 amide bonds. The second-order valence-corrected chi connectivity index (χ2v) is 7.23. The molecule has 3 rings (SSSR count). The van der Waals surface area contributed by atoms with Gasteiger partial charge in [0.1, 0.15) is 0 Å². The fraction of sp³-hybridized carbons (Fsp3) is 0.238. The molecule has 0 radical (unpaired) electrons. The SMILES string of the molecule is COCc1ccc(C(=O)Nc2nc(-c3cc(C)c(C)cc3C)cs2)cc1. The van der Waals surface area contributed by atoms with E-state index in [0.717, 1.165) is 16.8 Å². The molecular weight excluding hydrogens is 344 g/mol. The third kappa shape index (κ3) is 4.00. The van der Waals surface area contributed by atoms with Crippen LogP contribution in [0.3, 0.4) is 0 Å². The Labute approximate surface area is 157 Å². The minimum Gasteiger partial charge on any atom is -0.380 e. The van der Waals surface area contributed by atoms with Crippen LogP contribution in [0, 0.1) is 20.8 Å². The fourth-order valence-electron chi connectivity index (χ4n) is 2.78. The first-order chi connectivity index (χ1) is 12.5. The van der Waals surface area contributed by atoms with Crippen molar-refractivity contribution in [3.8, 4) is 11.3 Å². The van der Waals surface area contributed by atoms with E-state index in [1.807, 2.05) is 17.5 Å². The third-order valence-corrected chi connectivity index (χ3v) is 5.13. The summed E-state index contributed by atoms with van der Waals surface area (Å²) in [7, 11) is 1.65. The van der Waals surface area contributed by atoms with Crippen LogP contribution in [-0.2, 0) is 11.3 Å². The summed E-state index contributed by atoms with van der Waals surface area (Å²) in [5, 5.41) is 5.46. The van der Waals surface area contributed by atoms with Crippen molar-refractivity contribution in [1.82, 2.24) is 4.98 Å². The Morgan fingerprint density at radius 2 is 1.77 bits per heavy atom. The Balaban J connectivity index is 1.76. The summed E-state index contributed by atoms with van der Waals surface area (Å²) in [4.78, 5) is 17.0. The summed E-state index contributed by atoms with van der Waals surface area (Å²) in [6, 6.07) is 11.7. The van der Waals surface area contributed by atoms with E-state index in [1.165, 1.54) is 28.0 Å². The molecule has 1 N–H and O–H groups in total. The first-order valence-corrected chi connectivity index (χ1v) is 9.29. The lowest BCUT2D eigenvalue weighted by Crippen LogP contribution is -2.11. The van der Waals surface area contributed by atoms with E-state index in [9.17, 15) is 4.79 Å². The van der Waals surface area contributed by atoms with Gasteiger partial charge in [0.15, 0.2) is 5.13 Å². The van der Waals surface area contributed by atoms with Crippen molar-refractivity contribution in [2.75, 3.05) is 12.4 Å². The molecule has 4 nitrogen and oxygen atoms in total. The lowest BCUT2D eigenvalue weighted by atomic mass is 9.99. The molecule has 0 aliphatic rings. The number of amides is 1. The van der Waals surface area contributed by atoms with Gasteiger partial charge >= 0.3 is 0 Å². The number of hydrogen-bond donors (Lipinski definition) is 1. The number of anilines is 1. The summed E-state index contributed by atoms with van der Waals surface area (Å²) < 4.78 is 5.09. The topological polar surface area (TPSA) is 51.2 Å². The first-order valence-electron chi connectivity index (χ1n) is 8.41. The zero-order chi connectivity index (χ0) is 18.7. The quantitative estimate of drug-likeness (QED) is 0.681. The van der Waals surface area contributed by atoms with Gasteiger partial charge in [-0.15, -0.1) is 11.3 Å². The van der Waals surface area contributed by atoms with Crippen molar-refractivity contribution in [3.05, 3.63) is 69.6 Å². The fourth-order valence-corrected chi connectivity index (χ4v) is 3.49. The minimum atomic E-state index is -0.160. The predicted molar refractivity (Wildman–Crippen MR) is 107 cm³/mol. The molecule has 0 aliphatic heterocycles. The van der Waals surface area contributed by atoms with E-state index >= 15 is 0 Å². The maximum absolute atomic E-state index is 12.4. The molecule has 0 bridgehead atoms. The van der Waals surface area contributed by atoms with E-state index in [4.69, 9.17) is 4.74 Å². The van der Waals surface area contributed by atoms with E-state index in [1.54, 1.807) is 19.2 Å². The monoisotopic (exact) mass is 366 g/mol. The van der Waals surface area contributed by atoms with E-state index in [-0.39, 0.29) is 5.91 Å². The smallest absolute Gasteiger partial charge is 0.257 e. The first kappa shape index (κ1) is 18.3. The van der Waals surface area contributed by atoms with Gasteiger partial charge < -0.3 is 4.74 Å². The van der Waals surface area contributed by atoms with Crippen LogP contribution in [0.1, 0.15) is 32.6 Å². The van der Waals surface area contributed by atoms with Crippen LogP contribution in [0.25, 0.3) is 11.3 Å². The summed E-state index contributed by atoms with van der Waals surface area (Å²) in [5.41, 5.74) is 7.32. The average Bonchev–Trinajstić information content (AvgIpc) is 3.07. The molecule has 134 valence electrons. The number of carbonyl (C=O) groups excluding carboxylic acids is 1. The van der Waals surface area contributed by atoms with E-state index in [2.05, 4.69) is 43.2 Å². The predicted octanol–water partition coefficient (Wildman–Crippen LogP) is 5.13. The van der Waals surface area contributed by atoms with Crippen LogP contribution in [0.5, 0.6) is 0 Å². The normalized spacial score (nSPS) is 10.8. The molecule has 5 heteroatoms. The number of nitrogens with one attached hydrogen (secondary N) is 1. The van der Waals surface area contributed by atoms with Crippen LogP contribution in [0.4, 0.5) is 5.13 Å². The Morgan fingerprint density at radius 1 is 1.08 bits per heavy atom. The number of aromatic nitrogens is 1. The van der Waals surface area contributed by atoms with Crippen molar-refractivity contribution in [2.24, 2.45) is 0 Å². The highest BCUT2D eigenvalue weighted by atomic mass is 32.1. The lowest BCUT2D eigenvalue weighted by Gasteiger charge is -2.07. The maximum atomic E-state index is 12.4. The van der Waals surface area contributed by atoms with Crippen LogP contribution in [0.2, 0.25) is 0 Å². The Bertz CT molecular complexity index is 930. The lowest BCUT2D eigenvalue weighted by molar-refractivity contribution is 0.102. The van der Waals surface area contributed by atoms with E-state index < -0.39 is 0 Å². The standard InChI is InChI=1S/C21H22N2O2S/c1-13-9-15(3)18(10-14(13)2)19-12-26-21(22-19)23-20(24)17-7-5-16(6-8-17)11-25-4/h5-10,12H,11H2,1-4H3,(H,22,23,24). The van der Waals surface area contributed by atoms with Gasteiger partial charge in [-0.05, 0) is 61.2 Å². The number of benzene rings is 2. The van der Waals surface area contributed by atoms with Gasteiger partial charge in [0.05, 0.1) is 12.3 Å². The van der Waals surface area contributed by atoms with Crippen molar-refractivity contribution in [1.29, 1.82) is 0 Å². The number of hydrogen-bond acceptors (Lipinski definition) is 4. The maximum Gasteiger partial charge on any atom is 0.257 e. The molecule has 1 aromatic heterocycles. The molecule has 1 heterocycles. The highest BCUT2D eigenvalue weighted by molar-refractivity contribution is 7.14. The van der Waals surface area contributed by atoms with Gasteiger partial charge in [0, 0.05) is 23.6 Å². The zero-order valence-corrected chi connectivity index (χ0v) is 16.2. The molecule has 2 aromatic carbocycles. The number of thiazole rings is 1. The van der Waals surface area contributed by atoms with Gasteiger partial charge in [-0.1, -0.05) is 18.2 Å². The Hall–Kier alpha value is -2.50. The van der Waals surface area contributed by atoms with Crippen molar-refractivity contribution >= 4 is 22.4 Å². The number of nitrogens with zero attached hydrogens (tertiary/aromatic N) is 1. The molecule has 0 spiro atoms. The van der Waals surface area contributed by atoms with Crippen LogP contribution in [-0.4, -0.2) is 18.0 Å². The second-order valence-electron chi connectivity index (χ2n) is 6.37. The third-order valence-electron chi connectivity index (χ3n) is 4.37. The average molecular weight is 366 g/mol. The molecular formula is C21H22N2O2S. The molecule has 0 atom stereocenters. The van der Waals surface area contributed by atoms with Crippen LogP contribution < -0.4 is 5.32 Å². The van der Waals surface area contributed by atoms with Crippen LogP contribution in [0.15, 0.2) is 41.8 Å². The molecule has 3 aromatic rings. The minimum absolute atomic E-state index is 0.160. The largest absolute Gasteiger partial charge is 0.380 e. The molecule has 0 aliphatic carbocycles. The Kier molecular flexibility index (Phi) is 5.49. The van der Waals surface area contributed by atoms with Crippen molar-refractivity contribution in [2.45, 2.75) is 27.4 Å². The zero-order valence-electron chi connectivity index (χ0n) is 15.4. The number of rotatable bonds is 5. The highest BCUT2D eigenvalue weighted by Crippen LogP contribution is 2.29. The molecule has 0 unspecified atom stereocenters. The molecule has 0 saturated carbocycles. The van der Waals surface area contributed by atoms with E-state index in [0.29, 0.717) is 17.3 Å². The summed E-state index contributed by atoms with van der Waals surface area (Å²) in [5.74, 6) is -0.160. The van der Waals surface area contributed by atoms with Gasteiger partial charge in [-0.2, -0.15) is 0 Å². The summed E-state index contributed by atoms with van der Waals surface area (Å²) >= 11 is 1.43. The highest BCUT2D eigenvalue weighted by Gasteiger charge is 2.12. The number of ether oxygens (including phenoxy) is 1. The molecule has 0 fully saturated rings. The van der Waals surface area contributed by atoms with Gasteiger partial charge in [0.25, 0.3) is 5.91 Å². The van der Waals surface area contributed by atoms with Crippen molar-refractivity contribution in [3.63, 3.8) is 0 Å². The van der Waals surface area contributed by atoms with Crippen molar-refractivity contribution < 1.29 is 9.53 Å². The van der Waals surface area contributed by atoms with Gasteiger partial charge in [0.2, 0.25) is 0 Å². The van der Waals surface area contributed by atoms with Gasteiger partial charge in [-0.25, -0.2) is 4.98 Å². The molecule has 26 heavy (non-hydrogen) atoms. The van der Waals surface area contributed by atoms with Gasteiger partial charge in [-0.3, -0.25) is 10.1 Å². The van der Waals surface area contributed by atoms with Crippen LogP contribution >= 0.6 is 11.3 Å². The number of methoxy groups -OCH3 is 1. The molecule has 0 saturated heterocycles. The summed E-state index contributed by atoms with van der Waals surface area (Å²) in [6.07, 6.45) is 0.